The zero-order valence-corrected chi connectivity index (χ0v) is 12.1. The third-order valence-electron chi connectivity index (χ3n) is 4.00. The summed E-state index contributed by atoms with van der Waals surface area (Å²) in [7, 11) is 1.74. The van der Waals surface area contributed by atoms with E-state index >= 15 is 0 Å². The normalized spacial score (nSPS) is 11.0. The van der Waals surface area contributed by atoms with Crippen LogP contribution in [0, 0.1) is 6.92 Å². The zero-order valence-electron chi connectivity index (χ0n) is 12.1. The minimum Gasteiger partial charge on any atom is -0.507 e. The average molecular weight is 279 g/mol. The molecule has 0 fully saturated rings. The lowest BCUT2D eigenvalue weighted by Gasteiger charge is -2.12. The minimum atomic E-state index is -0.144. The molecule has 1 N–H and O–H groups in total. The molecular formula is C18H17NO2. The Morgan fingerprint density at radius 1 is 1.05 bits per heavy atom. The summed E-state index contributed by atoms with van der Waals surface area (Å²) >= 11 is 0. The Kier molecular flexibility index (Phi) is 3.26. The van der Waals surface area contributed by atoms with Crippen molar-refractivity contribution < 1.29 is 5.11 Å². The van der Waals surface area contributed by atoms with Crippen molar-refractivity contribution in [1.82, 2.24) is 4.57 Å². The van der Waals surface area contributed by atoms with Gasteiger partial charge < -0.3 is 9.67 Å². The molecule has 106 valence electrons. The molecular weight excluding hydrogens is 262 g/mol. The van der Waals surface area contributed by atoms with Crippen LogP contribution in [-0.4, -0.2) is 9.67 Å². The van der Waals surface area contributed by atoms with Gasteiger partial charge in [-0.25, -0.2) is 0 Å². The van der Waals surface area contributed by atoms with Gasteiger partial charge in [0.1, 0.15) is 5.75 Å². The van der Waals surface area contributed by atoms with Crippen molar-refractivity contribution >= 4 is 10.9 Å². The fraction of sp³-hybridized carbons (Fsp3) is 0.167. The van der Waals surface area contributed by atoms with E-state index in [-0.39, 0.29) is 11.3 Å². The lowest BCUT2D eigenvalue weighted by atomic mass is 9.99. The molecule has 0 radical (unpaired) electrons. The van der Waals surface area contributed by atoms with Crippen LogP contribution in [0.15, 0.2) is 53.3 Å². The molecule has 0 atom stereocenters. The van der Waals surface area contributed by atoms with Crippen molar-refractivity contribution in [1.29, 1.82) is 0 Å². The molecule has 3 rings (SSSR count). The first-order chi connectivity index (χ1) is 10.1. The van der Waals surface area contributed by atoms with Crippen LogP contribution in [0.1, 0.15) is 16.7 Å². The maximum Gasteiger partial charge on any atom is 0.258 e. The van der Waals surface area contributed by atoms with Gasteiger partial charge in [0.05, 0.1) is 11.1 Å². The summed E-state index contributed by atoms with van der Waals surface area (Å²) in [5.41, 5.74) is 3.22. The molecule has 0 aliphatic carbocycles. The van der Waals surface area contributed by atoms with Gasteiger partial charge in [-0.15, -0.1) is 0 Å². The van der Waals surface area contributed by atoms with Gasteiger partial charge in [0.25, 0.3) is 5.56 Å². The van der Waals surface area contributed by atoms with Gasteiger partial charge >= 0.3 is 0 Å². The number of aryl methyl sites for hydroxylation is 2. The largest absolute Gasteiger partial charge is 0.507 e. The Hall–Kier alpha value is -2.55. The first-order valence-electron chi connectivity index (χ1n) is 6.93. The molecule has 0 aliphatic rings. The third kappa shape index (κ3) is 2.21. The van der Waals surface area contributed by atoms with Gasteiger partial charge in [-0.2, -0.15) is 0 Å². The number of hydrogen-bond donors (Lipinski definition) is 1. The fourth-order valence-electron chi connectivity index (χ4n) is 2.70. The third-order valence-corrected chi connectivity index (χ3v) is 4.00. The second kappa shape index (κ2) is 5.09. The van der Waals surface area contributed by atoms with Gasteiger partial charge in [-0.3, -0.25) is 4.79 Å². The molecule has 1 aromatic heterocycles. The van der Waals surface area contributed by atoms with E-state index in [0.717, 1.165) is 16.6 Å². The second-order valence-corrected chi connectivity index (χ2v) is 5.31. The lowest BCUT2D eigenvalue weighted by Crippen LogP contribution is -2.22. The number of benzene rings is 2. The predicted molar refractivity (Wildman–Crippen MR) is 84.8 cm³/mol. The molecule has 3 heteroatoms. The summed E-state index contributed by atoms with van der Waals surface area (Å²) in [6, 6.07) is 15.3. The maximum atomic E-state index is 12.5. The summed E-state index contributed by atoms with van der Waals surface area (Å²) in [6.45, 7) is 2.01. The van der Waals surface area contributed by atoms with Crippen LogP contribution in [0.4, 0.5) is 0 Å². The summed E-state index contributed by atoms with van der Waals surface area (Å²) in [5.74, 6) is 0.0944. The Labute approximate surface area is 123 Å². The average Bonchev–Trinajstić information content (AvgIpc) is 2.51. The van der Waals surface area contributed by atoms with Crippen molar-refractivity contribution in [3.8, 4) is 5.75 Å². The number of nitrogens with zero attached hydrogens (tertiary/aromatic N) is 1. The van der Waals surface area contributed by atoms with Crippen molar-refractivity contribution in [3.05, 3.63) is 75.6 Å². The Morgan fingerprint density at radius 3 is 2.48 bits per heavy atom. The molecule has 0 unspecified atom stereocenters. The van der Waals surface area contributed by atoms with E-state index in [1.165, 1.54) is 0 Å². The Bertz CT molecular complexity index is 878. The van der Waals surface area contributed by atoms with Gasteiger partial charge in [-0.1, -0.05) is 36.4 Å². The van der Waals surface area contributed by atoms with Gasteiger partial charge in [0, 0.05) is 18.9 Å². The maximum absolute atomic E-state index is 12.5. The van der Waals surface area contributed by atoms with E-state index in [4.69, 9.17) is 0 Å². The van der Waals surface area contributed by atoms with Crippen LogP contribution in [0.25, 0.3) is 10.9 Å². The Balaban J connectivity index is 2.24. The highest BCUT2D eigenvalue weighted by atomic mass is 16.3. The summed E-state index contributed by atoms with van der Waals surface area (Å²) in [6.07, 6.45) is 0.440. The summed E-state index contributed by atoms with van der Waals surface area (Å²) in [4.78, 5) is 12.5. The summed E-state index contributed by atoms with van der Waals surface area (Å²) < 4.78 is 1.60. The highest BCUT2D eigenvalue weighted by molar-refractivity contribution is 5.86. The van der Waals surface area contributed by atoms with Crippen LogP contribution < -0.4 is 5.56 Å². The van der Waals surface area contributed by atoms with E-state index in [9.17, 15) is 9.90 Å². The van der Waals surface area contributed by atoms with Crippen LogP contribution in [0.2, 0.25) is 0 Å². The van der Waals surface area contributed by atoms with Crippen molar-refractivity contribution in [2.45, 2.75) is 13.3 Å². The standard InChI is InChI=1S/C18H17NO2/c1-12-7-3-4-8-13(12)11-15-17(20)14-9-5-6-10-16(14)19(2)18(15)21/h3-10,20H,11H2,1-2H3. The van der Waals surface area contributed by atoms with Crippen molar-refractivity contribution in [2.24, 2.45) is 7.05 Å². The number of hydrogen-bond acceptors (Lipinski definition) is 2. The predicted octanol–water partition coefficient (Wildman–Crippen LogP) is 3.14. The van der Waals surface area contributed by atoms with E-state index in [0.29, 0.717) is 17.4 Å². The number of aromatic hydroxyl groups is 1. The molecule has 0 aliphatic heterocycles. The van der Waals surface area contributed by atoms with Gasteiger partial charge in [0.15, 0.2) is 0 Å². The SMILES string of the molecule is Cc1ccccc1Cc1c(O)c2ccccc2n(C)c1=O. The molecule has 0 spiro atoms. The lowest BCUT2D eigenvalue weighted by molar-refractivity contribution is 0.473. The first kappa shape index (κ1) is 13.4. The highest BCUT2D eigenvalue weighted by Crippen LogP contribution is 2.27. The highest BCUT2D eigenvalue weighted by Gasteiger charge is 2.15. The van der Waals surface area contributed by atoms with E-state index in [1.807, 2.05) is 55.5 Å². The molecule has 2 aromatic carbocycles. The van der Waals surface area contributed by atoms with Crippen molar-refractivity contribution in [2.75, 3.05) is 0 Å². The quantitative estimate of drug-likeness (QED) is 0.783. The van der Waals surface area contributed by atoms with Gasteiger partial charge in [-0.05, 0) is 30.2 Å². The van der Waals surface area contributed by atoms with Crippen LogP contribution in [0.5, 0.6) is 5.75 Å². The van der Waals surface area contributed by atoms with Crippen LogP contribution >= 0.6 is 0 Å². The number of fused-ring (bicyclic) bond motifs is 1. The fourth-order valence-corrected chi connectivity index (χ4v) is 2.70. The van der Waals surface area contributed by atoms with E-state index < -0.39 is 0 Å². The van der Waals surface area contributed by atoms with Crippen molar-refractivity contribution in [3.63, 3.8) is 0 Å². The molecule has 3 nitrogen and oxygen atoms in total. The topological polar surface area (TPSA) is 42.2 Å². The number of rotatable bonds is 2. The number of pyridine rings is 1. The van der Waals surface area contributed by atoms with Gasteiger partial charge in [0.2, 0.25) is 0 Å². The zero-order chi connectivity index (χ0) is 15.0. The van der Waals surface area contributed by atoms with Crippen LogP contribution in [0.3, 0.4) is 0 Å². The summed E-state index contributed by atoms with van der Waals surface area (Å²) in [5, 5.41) is 11.2. The van der Waals surface area contributed by atoms with Crippen LogP contribution in [-0.2, 0) is 13.5 Å². The monoisotopic (exact) mass is 279 g/mol. The molecule has 0 amide bonds. The second-order valence-electron chi connectivity index (χ2n) is 5.31. The molecule has 0 bridgehead atoms. The van der Waals surface area contributed by atoms with E-state index in [1.54, 1.807) is 11.6 Å². The smallest absolute Gasteiger partial charge is 0.258 e. The first-order valence-corrected chi connectivity index (χ1v) is 6.93. The minimum absolute atomic E-state index is 0.0944. The molecule has 21 heavy (non-hydrogen) atoms. The molecule has 0 saturated heterocycles. The molecule has 1 heterocycles. The molecule has 0 saturated carbocycles. The number of para-hydroxylation sites is 1. The van der Waals surface area contributed by atoms with E-state index in [2.05, 4.69) is 0 Å². The molecule has 3 aromatic rings. The number of aromatic nitrogens is 1. The Morgan fingerprint density at radius 2 is 1.71 bits per heavy atom.